The summed E-state index contributed by atoms with van der Waals surface area (Å²) in [5, 5.41) is 9.06. The van der Waals surface area contributed by atoms with Gasteiger partial charge in [0.05, 0.1) is 16.7 Å². The van der Waals surface area contributed by atoms with Crippen LogP contribution in [-0.2, 0) is 18.4 Å². The molecule has 1 aromatic heterocycles. The average molecular weight is 243 g/mol. The zero-order valence-electron chi connectivity index (χ0n) is 11.2. The quantitative estimate of drug-likeness (QED) is 0.815. The maximum absolute atomic E-state index is 9.06. The van der Waals surface area contributed by atoms with Crippen LogP contribution in [0.3, 0.4) is 0 Å². The number of benzene rings is 1. The largest absolute Gasteiger partial charge is 0.368 e. The van der Waals surface area contributed by atoms with Crippen molar-refractivity contribution < 1.29 is 4.74 Å². The molecule has 2 aromatic rings. The third-order valence-corrected chi connectivity index (χ3v) is 2.76. The van der Waals surface area contributed by atoms with E-state index >= 15 is 0 Å². The molecule has 0 N–H and O–H groups in total. The Labute approximate surface area is 107 Å². The van der Waals surface area contributed by atoms with Gasteiger partial charge in [-0.25, -0.2) is 4.98 Å². The van der Waals surface area contributed by atoms with Crippen LogP contribution in [0.15, 0.2) is 18.2 Å². The number of hydrogen-bond donors (Lipinski definition) is 0. The number of nitriles is 1. The van der Waals surface area contributed by atoms with Gasteiger partial charge in [0.2, 0.25) is 0 Å². The summed E-state index contributed by atoms with van der Waals surface area (Å²) >= 11 is 0. The van der Waals surface area contributed by atoms with E-state index in [0.29, 0.717) is 12.2 Å². The van der Waals surface area contributed by atoms with Crippen molar-refractivity contribution in [3.63, 3.8) is 0 Å². The Kier molecular flexibility index (Phi) is 3.10. The average Bonchev–Trinajstić information content (AvgIpc) is 2.63. The fraction of sp³-hybridized carbons (Fsp3) is 0.429. The fourth-order valence-corrected chi connectivity index (χ4v) is 1.76. The topological polar surface area (TPSA) is 50.8 Å². The Morgan fingerprint density at radius 2 is 2.11 bits per heavy atom. The van der Waals surface area contributed by atoms with Crippen LogP contribution in [0.5, 0.6) is 0 Å². The molecule has 4 heteroatoms. The lowest BCUT2D eigenvalue weighted by Crippen LogP contribution is -2.19. The van der Waals surface area contributed by atoms with Crippen molar-refractivity contribution in [1.29, 1.82) is 5.26 Å². The molecular formula is C14H17N3O. The molecule has 18 heavy (non-hydrogen) atoms. The molecule has 0 spiro atoms. The number of para-hydroxylation sites is 1. The van der Waals surface area contributed by atoms with E-state index in [9.17, 15) is 0 Å². The molecule has 94 valence electrons. The first kappa shape index (κ1) is 12.6. The number of aryl methyl sites for hydroxylation is 1. The lowest BCUT2D eigenvalue weighted by molar-refractivity contribution is -0.0188. The summed E-state index contributed by atoms with van der Waals surface area (Å²) in [4.78, 5) is 4.50. The second-order valence-electron chi connectivity index (χ2n) is 5.27. The molecule has 0 saturated heterocycles. The summed E-state index contributed by atoms with van der Waals surface area (Å²) in [6, 6.07) is 7.78. The maximum atomic E-state index is 9.06. The molecule has 4 nitrogen and oxygen atoms in total. The molecule has 0 atom stereocenters. The Morgan fingerprint density at radius 1 is 1.39 bits per heavy atom. The van der Waals surface area contributed by atoms with Gasteiger partial charge < -0.3 is 9.30 Å². The SMILES string of the molecule is Cn1c(COC(C)(C)C)nc2c(C#N)cccc21. The van der Waals surface area contributed by atoms with Crippen molar-refractivity contribution in [2.45, 2.75) is 33.0 Å². The minimum absolute atomic E-state index is 0.198. The van der Waals surface area contributed by atoms with Gasteiger partial charge in [0.1, 0.15) is 24.0 Å². The Morgan fingerprint density at radius 3 is 2.72 bits per heavy atom. The van der Waals surface area contributed by atoms with Gasteiger partial charge in [-0.15, -0.1) is 0 Å². The minimum atomic E-state index is -0.198. The Hall–Kier alpha value is -1.86. The molecular weight excluding hydrogens is 226 g/mol. The van der Waals surface area contributed by atoms with Crippen LogP contribution in [0.1, 0.15) is 32.2 Å². The van der Waals surface area contributed by atoms with Gasteiger partial charge in [-0.2, -0.15) is 5.26 Å². The number of aromatic nitrogens is 2. The number of nitrogens with zero attached hydrogens (tertiary/aromatic N) is 3. The third-order valence-electron chi connectivity index (χ3n) is 2.76. The summed E-state index contributed by atoms with van der Waals surface area (Å²) in [5.74, 6) is 0.836. The predicted molar refractivity (Wildman–Crippen MR) is 70.0 cm³/mol. The highest BCUT2D eigenvalue weighted by Crippen LogP contribution is 2.20. The molecule has 0 aliphatic heterocycles. The molecule has 0 aliphatic rings. The van der Waals surface area contributed by atoms with Crippen LogP contribution >= 0.6 is 0 Å². The van der Waals surface area contributed by atoms with Crippen molar-refractivity contribution in [1.82, 2.24) is 9.55 Å². The van der Waals surface area contributed by atoms with Gasteiger partial charge >= 0.3 is 0 Å². The van der Waals surface area contributed by atoms with Crippen molar-refractivity contribution >= 4 is 11.0 Å². The molecule has 0 bridgehead atoms. The summed E-state index contributed by atoms with van der Waals surface area (Å²) in [6.45, 7) is 6.47. The van der Waals surface area contributed by atoms with Crippen molar-refractivity contribution in [3.05, 3.63) is 29.6 Å². The Bertz CT molecular complexity index is 614. The summed E-state index contributed by atoms with van der Waals surface area (Å²) in [5.41, 5.74) is 2.11. The van der Waals surface area contributed by atoms with Crippen LogP contribution in [0, 0.1) is 11.3 Å². The molecule has 0 fully saturated rings. The molecule has 1 aromatic carbocycles. The summed E-state index contributed by atoms with van der Waals surface area (Å²) in [7, 11) is 1.94. The van der Waals surface area contributed by atoms with Crippen molar-refractivity contribution in [2.24, 2.45) is 7.05 Å². The van der Waals surface area contributed by atoms with E-state index in [2.05, 4.69) is 11.1 Å². The molecule has 0 radical (unpaired) electrons. The van der Waals surface area contributed by atoms with Gasteiger partial charge in [0.15, 0.2) is 0 Å². The van der Waals surface area contributed by atoms with E-state index in [-0.39, 0.29) is 5.60 Å². The first-order chi connectivity index (χ1) is 8.42. The second kappa shape index (κ2) is 4.43. The highest BCUT2D eigenvalue weighted by Gasteiger charge is 2.15. The normalized spacial score (nSPS) is 11.7. The molecule has 0 aliphatic carbocycles. The third kappa shape index (κ3) is 2.36. The van der Waals surface area contributed by atoms with E-state index in [1.165, 1.54) is 0 Å². The van der Waals surface area contributed by atoms with E-state index in [4.69, 9.17) is 10.00 Å². The maximum Gasteiger partial charge on any atom is 0.135 e. The standard InChI is InChI=1S/C14H17N3O/c1-14(2,3)18-9-12-16-13-10(8-15)6-5-7-11(13)17(12)4/h5-7H,9H2,1-4H3. The first-order valence-electron chi connectivity index (χ1n) is 5.91. The van der Waals surface area contributed by atoms with E-state index < -0.39 is 0 Å². The lowest BCUT2D eigenvalue weighted by atomic mass is 10.2. The zero-order valence-corrected chi connectivity index (χ0v) is 11.2. The van der Waals surface area contributed by atoms with Gasteiger partial charge in [-0.1, -0.05) is 6.07 Å². The molecule has 0 amide bonds. The van der Waals surface area contributed by atoms with Crippen LogP contribution < -0.4 is 0 Å². The van der Waals surface area contributed by atoms with Crippen LogP contribution in [0.4, 0.5) is 0 Å². The number of hydrogen-bond acceptors (Lipinski definition) is 3. The van der Waals surface area contributed by atoms with Crippen LogP contribution in [0.2, 0.25) is 0 Å². The number of ether oxygens (including phenoxy) is 1. The fourth-order valence-electron chi connectivity index (χ4n) is 1.76. The number of fused-ring (bicyclic) bond motifs is 1. The molecule has 0 saturated carbocycles. The highest BCUT2D eigenvalue weighted by atomic mass is 16.5. The van der Waals surface area contributed by atoms with Gasteiger partial charge in [-0.3, -0.25) is 0 Å². The molecule has 0 unspecified atom stereocenters. The highest BCUT2D eigenvalue weighted by molar-refractivity contribution is 5.82. The van der Waals surface area contributed by atoms with Gasteiger partial charge in [0.25, 0.3) is 0 Å². The Balaban J connectivity index is 2.42. The zero-order chi connectivity index (χ0) is 13.3. The minimum Gasteiger partial charge on any atom is -0.368 e. The van der Waals surface area contributed by atoms with E-state index in [0.717, 1.165) is 16.9 Å². The lowest BCUT2D eigenvalue weighted by Gasteiger charge is -2.19. The second-order valence-corrected chi connectivity index (χ2v) is 5.27. The molecule has 2 rings (SSSR count). The van der Waals surface area contributed by atoms with Crippen molar-refractivity contribution in [3.8, 4) is 6.07 Å². The van der Waals surface area contributed by atoms with E-state index in [1.807, 2.05) is 44.5 Å². The summed E-state index contributed by atoms with van der Waals surface area (Å²) < 4.78 is 7.71. The predicted octanol–water partition coefficient (Wildman–Crippen LogP) is 2.76. The smallest absolute Gasteiger partial charge is 0.135 e. The van der Waals surface area contributed by atoms with Gasteiger partial charge in [0, 0.05) is 7.05 Å². The number of imidazole rings is 1. The van der Waals surface area contributed by atoms with Gasteiger partial charge in [-0.05, 0) is 32.9 Å². The van der Waals surface area contributed by atoms with E-state index in [1.54, 1.807) is 6.07 Å². The summed E-state index contributed by atoms with van der Waals surface area (Å²) in [6.07, 6.45) is 0. The van der Waals surface area contributed by atoms with Crippen LogP contribution in [0.25, 0.3) is 11.0 Å². The molecule has 1 heterocycles. The number of rotatable bonds is 2. The first-order valence-corrected chi connectivity index (χ1v) is 5.91. The monoisotopic (exact) mass is 243 g/mol. The van der Waals surface area contributed by atoms with Crippen molar-refractivity contribution in [2.75, 3.05) is 0 Å². The van der Waals surface area contributed by atoms with Crippen LogP contribution in [-0.4, -0.2) is 15.2 Å².